The first kappa shape index (κ1) is 20.3. The Hall–Kier alpha value is -2.64. The van der Waals surface area contributed by atoms with Gasteiger partial charge in [0.1, 0.15) is 5.69 Å². The van der Waals surface area contributed by atoms with Gasteiger partial charge in [-0.25, -0.2) is 4.79 Å². The fourth-order valence-corrected chi connectivity index (χ4v) is 7.20. The van der Waals surface area contributed by atoms with Gasteiger partial charge in [0.05, 0.1) is 20.7 Å². The molecule has 0 saturated carbocycles. The molecule has 0 spiro atoms. The zero-order valence-electron chi connectivity index (χ0n) is 17.4. The Bertz CT molecular complexity index is 1120. The molecular formula is C24H22N2O3S2. The van der Waals surface area contributed by atoms with Gasteiger partial charge in [-0.1, -0.05) is 85.0 Å². The molecule has 5 nitrogen and oxygen atoms in total. The number of rotatable bonds is 4. The van der Waals surface area contributed by atoms with E-state index in [1.807, 2.05) is 79.4 Å². The van der Waals surface area contributed by atoms with Crippen molar-refractivity contribution in [2.45, 2.75) is 36.4 Å². The standard InChI is InChI=1S/C24H22N2O3S2/c1-14-20(30)26-21(14)31-23(2,3)24(26,22(27)28)17-18(15-10-6-4-7-11-15)25-29-19(17)16-12-8-5-9-13-16/h4-14,21H,1-3H3,(H,27,28)/t14-,21-,24+/m1/s1. The van der Waals surface area contributed by atoms with Gasteiger partial charge in [-0.05, 0) is 13.8 Å². The number of aliphatic carboxylic acids is 1. The largest absolute Gasteiger partial charge is 0.479 e. The first-order valence-electron chi connectivity index (χ1n) is 10.2. The van der Waals surface area contributed by atoms with Gasteiger partial charge >= 0.3 is 5.97 Å². The van der Waals surface area contributed by atoms with Crippen molar-refractivity contribution >= 4 is 34.9 Å². The third-order valence-corrected chi connectivity index (χ3v) is 8.72. The molecular weight excluding hydrogens is 428 g/mol. The molecule has 31 heavy (non-hydrogen) atoms. The minimum absolute atomic E-state index is 0.000691. The normalized spacial score (nSPS) is 26.4. The maximum Gasteiger partial charge on any atom is 0.336 e. The molecule has 2 saturated heterocycles. The first-order valence-corrected chi connectivity index (χ1v) is 11.4. The quantitative estimate of drug-likeness (QED) is 0.533. The number of aromatic nitrogens is 1. The summed E-state index contributed by atoms with van der Waals surface area (Å²) in [6.07, 6.45) is 0. The Kier molecular flexibility index (Phi) is 4.53. The van der Waals surface area contributed by atoms with E-state index in [2.05, 4.69) is 12.1 Å². The molecule has 1 N–H and O–H groups in total. The summed E-state index contributed by atoms with van der Waals surface area (Å²) in [5.41, 5.74) is 1.29. The van der Waals surface area contributed by atoms with Gasteiger partial charge in [-0.3, -0.25) is 0 Å². The van der Waals surface area contributed by atoms with Crippen LogP contribution in [-0.2, 0) is 10.3 Å². The van der Waals surface area contributed by atoms with Crippen LogP contribution in [0.1, 0.15) is 26.3 Å². The second-order valence-electron chi connectivity index (χ2n) is 8.50. The summed E-state index contributed by atoms with van der Waals surface area (Å²) in [6, 6.07) is 19.2. The van der Waals surface area contributed by atoms with Crippen LogP contribution in [0.15, 0.2) is 65.2 Å². The Labute approximate surface area is 190 Å². The molecule has 2 fully saturated rings. The molecule has 158 valence electrons. The number of benzene rings is 2. The Morgan fingerprint density at radius 2 is 1.68 bits per heavy atom. The van der Waals surface area contributed by atoms with E-state index in [9.17, 15) is 9.90 Å². The molecule has 3 atom stereocenters. The maximum atomic E-state index is 13.3. The molecule has 2 aliphatic heterocycles. The molecule has 3 aromatic rings. The van der Waals surface area contributed by atoms with E-state index in [0.29, 0.717) is 22.0 Å². The Balaban J connectivity index is 1.87. The number of hydrogen-bond acceptors (Lipinski definition) is 5. The highest BCUT2D eigenvalue weighted by molar-refractivity contribution is 8.01. The van der Waals surface area contributed by atoms with Gasteiger partial charge in [0, 0.05) is 17.0 Å². The molecule has 0 aliphatic carbocycles. The summed E-state index contributed by atoms with van der Waals surface area (Å²) in [6.45, 7) is 6.03. The van der Waals surface area contributed by atoms with Crippen molar-refractivity contribution in [3.8, 4) is 22.6 Å². The summed E-state index contributed by atoms with van der Waals surface area (Å²) in [7, 11) is 0. The van der Waals surface area contributed by atoms with Crippen LogP contribution in [0.3, 0.4) is 0 Å². The summed E-state index contributed by atoms with van der Waals surface area (Å²) >= 11 is 7.37. The third kappa shape index (κ3) is 2.59. The fourth-order valence-electron chi connectivity index (χ4n) is 4.89. The van der Waals surface area contributed by atoms with Crippen molar-refractivity contribution < 1.29 is 14.4 Å². The lowest BCUT2D eigenvalue weighted by atomic mass is 9.72. The van der Waals surface area contributed by atoms with Crippen LogP contribution in [0.2, 0.25) is 0 Å². The SMILES string of the molecule is C[C@@H]1C(=S)N2[C@@H]1SC(C)(C)[C@@]2(C(=O)O)c1c(-c2ccccc2)noc1-c1ccccc1. The Morgan fingerprint density at radius 1 is 1.10 bits per heavy atom. The van der Waals surface area contributed by atoms with Crippen molar-refractivity contribution in [3.05, 3.63) is 66.2 Å². The second kappa shape index (κ2) is 6.93. The molecule has 2 aliphatic rings. The zero-order valence-corrected chi connectivity index (χ0v) is 19.0. The van der Waals surface area contributed by atoms with Crippen LogP contribution < -0.4 is 0 Å². The van der Waals surface area contributed by atoms with Crippen LogP contribution >= 0.6 is 24.0 Å². The second-order valence-corrected chi connectivity index (χ2v) is 10.7. The maximum absolute atomic E-state index is 13.3. The van der Waals surface area contributed by atoms with Crippen molar-refractivity contribution in [2.75, 3.05) is 0 Å². The molecule has 0 unspecified atom stereocenters. The summed E-state index contributed by atoms with van der Waals surface area (Å²) in [5.74, 6) is -0.335. The van der Waals surface area contributed by atoms with Gasteiger partial charge in [0.25, 0.3) is 0 Å². The number of hydrogen-bond donors (Lipinski definition) is 1. The van der Waals surface area contributed by atoms with Gasteiger partial charge in [-0.15, -0.1) is 11.8 Å². The molecule has 0 radical (unpaired) electrons. The number of nitrogens with zero attached hydrogens (tertiary/aromatic N) is 2. The first-order chi connectivity index (χ1) is 14.8. The van der Waals surface area contributed by atoms with Crippen molar-refractivity contribution in [2.24, 2.45) is 5.92 Å². The average Bonchev–Trinajstić information content (AvgIpc) is 3.30. The predicted octanol–water partition coefficient (Wildman–Crippen LogP) is 5.42. The van der Waals surface area contributed by atoms with E-state index in [1.165, 1.54) is 0 Å². The van der Waals surface area contributed by atoms with E-state index in [-0.39, 0.29) is 11.3 Å². The minimum Gasteiger partial charge on any atom is -0.479 e. The molecule has 2 aromatic carbocycles. The Morgan fingerprint density at radius 3 is 2.26 bits per heavy atom. The smallest absolute Gasteiger partial charge is 0.336 e. The van der Waals surface area contributed by atoms with Crippen molar-refractivity contribution in [1.29, 1.82) is 0 Å². The van der Waals surface area contributed by atoms with Crippen LogP contribution in [-0.4, -0.2) is 36.2 Å². The summed E-state index contributed by atoms with van der Waals surface area (Å²) in [4.78, 5) is 15.8. The number of carbonyl (C=O) groups is 1. The van der Waals surface area contributed by atoms with Crippen LogP contribution in [0.25, 0.3) is 22.6 Å². The summed E-state index contributed by atoms with van der Waals surface area (Å²) in [5, 5.41) is 15.3. The highest BCUT2D eigenvalue weighted by Gasteiger charge is 2.72. The predicted molar refractivity (Wildman–Crippen MR) is 126 cm³/mol. The van der Waals surface area contributed by atoms with Crippen LogP contribution in [0, 0.1) is 5.92 Å². The monoisotopic (exact) mass is 450 g/mol. The number of thiocarbonyl (C=S) groups is 1. The van der Waals surface area contributed by atoms with E-state index in [4.69, 9.17) is 16.7 Å². The van der Waals surface area contributed by atoms with Gasteiger partial charge in [-0.2, -0.15) is 0 Å². The highest BCUT2D eigenvalue weighted by Crippen LogP contribution is 2.65. The lowest BCUT2D eigenvalue weighted by Gasteiger charge is -2.51. The average molecular weight is 451 g/mol. The molecule has 0 amide bonds. The molecule has 1 aromatic heterocycles. The molecule has 3 heterocycles. The summed E-state index contributed by atoms with van der Waals surface area (Å²) < 4.78 is 5.21. The highest BCUT2D eigenvalue weighted by atomic mass is 32.2. The van der Waals surface area contributed by atoms with Gasteiger partial charge in [0.15, 0.2) is 11.3 Å². The lowest BCUT2D eigenvalue weighted by molar-refractivity contribution is -0.152. The lowest BCUT2D eigenvalue weighted by Crippen LogP contribution is -2.67. The van der Waals surface area contributed by atoms with Gasteiger partial charge < -0.3 is 14.5 Å². The fraction of sp³-hybridized carbons (Fsp3) is 0.292. The number of fused-ring (bicyclic) bond motifs is 1. The van der Waals surface area contributed by atoms with Gasteiger partial charge in [0.2, 0.25) is 0 Å². The van der Waals surface area contributed by atoms with Crippen molar-refractivity contribution in [3.63, 3.8) is 0 Å². The number of thioether (sulfide) groups is 1. The van der Waals surface area contributed by atoms with E-state index >= 15 is 0 Å². The number of carboxylic acids is 1. The van der Waals surface area contributed by atoms with E-state index in [1.54, 1.807) is 11.8 Å². The molecule has 5 rings (SSSR count). The van der Waals surface area contributed by atoms with Crippen molar-refractivity contribution in [1.82, 2.24) is 10.1 Å². The van der Waals surface area contributed by atoms with E-state index in [0.717, 1.165) is 11.1 Å². The molecule has 7 heteroatoms. The van der Waals surface area contributed by atoms with Crippen LogP contribution in [0.5, 0.6) is 0 Å². The molecule has 0 bridgehead atoms. The number of carboxylic acid groups (broad SMARTS) is 1. The van der Waals surface area contributed by atoms with Crippen LogP contribution in [0.4, 0.5) is 0 Å². The topological polar surface area (TPSA) is 66.6 Å². The van der Waals surface area contributed by atoms with E-state index < -0.39 is 16.3 Å². The third-order valence-electron chi connectivity index (χ3n) is 6.40. The minimum atomic E-state index is -1.41. The zero-order chi connectivity index (χ0) is 22.0.